The summed E-state index contributed by atoms with van der Waals surface area (Å²) in [5.74, 6) is 1.40. The third kappa shape index (κ3) is 2.42. The molecular weight excluding hydrogens is 322 g/mol. The Morgan fingerprint density at radius 1 is 1.04 bits per heavy atom. The number of imidazole rings is 2. The van der Waals surface area contributed by atoms with Crippen LogP contribution >= 0.6 is 0 Å². The summed E-state index contributed by atoms with van der Waals surface area (Å²) in [7, 11) is 2.06. The van der Waals surface area contributed by atoms with Gasteiger partial charge in [-0.2, -0.15) is 5.10 Å². The predicted molar refractivity (Wildman–Crippen MR) is 105 cm³/mol. The summed E-state index contributed by atoms with van der Waals surface area (Å²) < 4.78 is 4.13. The second-order valence-corrected chi connectivity index (χ2v) is 7.02. The number of hydrogen-bond donors (Lipinski definition) is 0. The average molecular weight is 347 g/mol. The minimum absolute atomic E-state index is 0.495. The minimum Gasteiger partial charge on any atom is -0.326 e. The lowest BCUT2D eigenvalue weighted by Gasteiger charge is -2.14. The summed E-state index contributed by atoms with van der Waals surface area (Å²) in [5.41, 5.74) is 7.32. The standard InChI is InChI=1S/C21H25N5/c1-6-15(7-2)16-12-13(3)24-26-19(14(4)22-20(16)26)21-23-17-10-8-9-11-18(17)25(21)5/h8-12,15H,6-7H2,1-5H3. The first-order chi connectivity index (χ1) is 12.5. The fourth-order valence-corrected chi connectivity index (χ4v) is 3.92. The van der Waals surface area contributed by atoms with E-state index < -0.39 is 0 Å². The highest BCUT2D eigenvalue weighted by Gasteiger charge is 2.22. The molecule has 0 radical (unpaired) electrons. The number of benzene rings is 1. The van der Waals surface area contributed by atoms with Gasteiger partial charge in [-0.05, 0) is 50.8 Å². The first-order valence-electron chi connectivity index (χ1n) is 9.33. The van der Waals surface area contributed by atoms with Crippen molar-refractivity contribution in [2.75, 3.05) is 0 Å². The van der Waals surface area contributed by atoms with E-state index >= 15 is 0 Å². The topological polar surface area (TPSA) is 48.0 Å². The molecule has 0 aliphatic rings. The molecule has 26 heavy (non-hydrogen) atoms. The zero-order valence-electron chi connectivity index (χ0n) is 16.1. The molecule has 3 heterocycles. The molecule has 0 saturated heterocycles. The number of aromatic nitrogens is 5. The quantitative estimate of drug-likeness (QED) is 0.532. The van der Waals surface area contributed by atoms with Gasteiger partial charge in [0.25, 0.3) is 0 Å². The Kier molecular flexibility index (Phi) is 4.02. The molecule has 1 aromatic carbocycles. The van der Waals surface area contributed by atoms with Crippen molar-refractivity contribution in [3.05, 3.63) is 47.3 Å². The lowest BCUT2D eigenvalue weighted by molar-refractivity contribution is 0.638. The van der Waals surface area contributed by atoms with Gasteiger partial charge in [-0.25, -0.2) is 14.5 Å². The van der Waals surface area contributed by atoms with Crippen LogP contribution in [0, 0.1) is 13.8 Å². The smallest absolute Gasteiger partial charge is 0.161 e. The highest BCUT2D eigenvalue weighted by Crippen LogP contribution is 2.32. The van der Waals surface area contributed by atoms with Crippen LogP contribution in [-0.2, 0) is 7.05 Å². The molecule has 0 aliphatic heterocycles. The zero-order chi connectivity index (χ0) is 18.4. The number of para-hydroxylation sites is 2. The Morgan fingerprint density at radius 2 is 1.77 bits per heavy atom. The van der Waals surface area contributed by atoms with Gasteiger partial charge >= 0.3 is 0 Å². The average Bonchev–Trinajstić information content (AvgIpc) is 3.13. The van der Waals surface area contributed by atoms with Crippen LogP contribution in [0.3, 0.4) is 0 Å². The lowest BCUT2D eigenvalue weighted by Crippen LogP contribution is -2.06. The van der Waals surface area contributed by atoms with Gasteiger partial charge in [-0.3, -0.25) is 0 Å². The van der Waals surface area contributed by atoms with Crippen LogP contribution in [0.15, 0.2) is 30.3 Å². The second-order valence-electron chi connectivity index (χ2n) is 7.02. The molecule has 4 rings (SSSR count). The van der Waals surface area contributed by atoms with E-state index in [1.807, 2.05) is 22.7 Å². The maximum Gasteiger partial charge on any atom is 0.161 e. The molecule has 4 aromatic rings. The Hall–Kier alpha value is -2.69. The van der Waals surface area contributed by atoms with Crippen molar-refractivity contribution in [2.45, 2.75) is 46.5 Å². The third-order valence-electron chi connectivity index (χ3n) is 5.33. The van der Waals surface area contributed by atoms with Crippen molar-refractivity contribution in [2.24, 2.45) is 7.05 Å². The van der Waals surface area contributed by atoms with Crippen molar-refractivity contribution >= 4 is 16.7 Å². The molecule has 5 heteroatoms. The molecule has 3 aromatic heterocycles. The molecule has 0 unspecified atom stereocenters. The molecule has 5 nitrogen and oxygen atoms in total. The van der Waals surface area contributed by atoms with Crippen molar-refractivity contribution < 1.29 is 0 Å². The van der Waals surface area contributed by atoms with Gasteiger partial charge in [0, 0.05) is 12.6 Å². The van der Waals surface area contributed by atoms with Crippen LogP contribution in [0.4, 0.5) is 0 Å². The van der Waals surface area contributed by atoms with Crippen LogP contribution in [0.1, 0.15) is 49.6 Å². The molecular formula is C21H25N5. The first kappa shape index (κ1) is 16.8. The summed E-state index contributed by atoms with van der Waals surface area (Å²) in [6.07, 6.45) is 2.20. The number of aryl methyl sites for hydroxylation is 3. The van der Waals surface area contributed by atoms with Gasteiger partial charge in [0.15, 0.2) is 11.5 Å². The van der Waals surface area contributed by atoms with Gasteiger partial charge in [0.05, 0.1) is 22.4 Å². The van der Waals surface area contributed by atoms with E-state index in [-0.39, 0.29) is 0 Å². The lowest BCUT2D eigenvalue weighted by atomic mass is 9.95. The van der Waals surface area contributed by atoms with E-state index in [9.17, 15) is 0 Å². The van der Waals surface area contributed by atoms with E-state index in [1.54, 1.807) is 0 Å². The molecule has 0 spiro atoms. The monoisotopic (exact) mass is 347 g/mol. The molecule has 134 valence electrons. The summed E-state index contributed by atoms with van der Waals surface area (Å²) in [4.78, 5) is 9.78. The Balaban J connectivity index is 2.04. The number of rotatable bonds is 4. The number of fused-ring (bicyclic) bond motifs is 2. The molecule has 0 amide bonds. The van der Waals surface area contributed by atoms with E-state index in [4.69, 9.17) is 15.1 Å². The highest BCUT2D eigenvalue weighted by atomic mass is 15.3. The normalized spacial score (nSPS) is 11.9. The van der Waals surface area contributed by atoms with Crippen molar-refractivity contribution in [3.8, 4) is 11.5 Å². The first-order valence-corrected chi connectivity index (χ1v) is 9.33. The predicted octanol–water partition coefficient (Wildman–Crippen LogP) is 4.80. The zero-order valence-corrected chi connectivity index (χ0v) is 16.1. The second kappa shape index (κ2) is 6.24. The molecule has 0 N–H and O–H groups in total. The van der Waals surface area contributed by atoms with Crippen LogP contribution < -0.4 is 0 Å². The maximum atomic E-state index is 4.91. The Labute approximate surface area is 153 Å². The third-order valence-corrected chi connectivity index (χ3v) is 5.33. The largest absolute Gasteiger partial charge is 0.326 e. The van der Waals surface area contributed by atoms with E-state index in [0.29, 0.717) is 5.92 Å². The summed E-state index contributed by atoms with van der Waals surface area (Å²) in [6.45, 7) is 8.58. The summed E-state index contributed by atoms with van der Waals surface area (Å²) >= 11 is 0. The highest BCUT2D eigenvalue weighted by molar-refractivity contribution is 5.80. The van der Waals surface area contributed by atoms with Crippen LogP contribution in [0.5, 0.6) is 0 Å². The number of nitrogens with zero attached hydrogens (tertiary/aromatic N) is 5. The van der Waals surface area contributed by atoms with E-state index in [0.717, 1.165) is 52.4 Å². The molecule has 0 saturated carbocycles. The van der Waals surface area contributed by atoms with Gasteiger partial charge in [-0.1, -0.05) is 26.0 Å². The fourth-order valence-electron chi connectivity index (χ4n) is 3.92. The Morgan fingerprint density at radius 3 is 2.46 bits per heavy atom. The van der Waals surface area contributed by atoms with E-state index in [2.05, 4.69) is 51.4 Å². The van der Waals surface area contributed by atoms with Crippen LogP contribution in [0.2, 0.25) is 0 Å². The Bertz CT molecular complexity index is 1100. The van der Waals surface area contributed by atoms with Gasteiger partial charge < -0.3 is 4.57 Å². The number of hydrogen-bond acceptors (Lipinski definition) is 3. The van der Waals surface area contributed by atoms with Crippen LogP contribution in [-0.4, -0.2) is 24.1 Å². The SMILES string of the molecule is CCC(CC)c1cc(C)nn2c(-c3nc4ccccc4n3C)c(C)nc12. The molecule has 0 bridgehead atoms. The van der Waals surface area contributed by atoms with Crippen molar-refractivity contribution in [1.29, 1.82) is 0 Å². The van der Waals surface area contributed by atoms with Gasteiger partial charge in [0.1, 0.15) is 5.69 Å². The molecule has 0 atom stereocenters. The van der Waals surface area contributed by atoms with Gasteiger partial charge in [0.2, 0.25) is 0 Å². The maximum absolute atomic E-state index is 4.91. The molecule has 0 aliphatic carbocycles. The fraction of sp³-hybridized carbons (Fsp3) is 0.381. The minimum atomic E-state index is 0.495. The van der Waals surface area contributed by atoms with Crippen molar-refractivity contribution in [3.63, 3.8) is 0 Å². The van der Waals surface area contributed by atoms with E-state index in [1.165, 1.54) is 5.56 Å². The van der Waals surface area contributed by atoms with Gasteiger partial charge in [-0.15, -0.1) is 0 Å². The summed E-state index contributed by atoms with van der Waals surface area (Å²) in [6, 6.07) is 10.4. The van der Waals surface area contributed by atoms with Crippen LogP contribution in [0.25, 0.3) is 28.2 Å². The molecule has 0 fully saturated rings. The summed E-state index contributed by atoms with van der Waals surface area (Å²) in [5, 5.41) is 4.80. The van der Waals surface area contributed by atoms with Crippen molar-refractivity contribution in [1.82, 2.24) is 24.1 Å².